The highest BCUT2D eigenvalue weighted by molar-refractivity contribution is 6.19. The van der Waals surface area contributed by atoms with E-state index in [1.165, 1.54) is 6.07 Å². The molecule has 0 atom stereocenters. The predicted molar refractivity (Wildman–Crippen MR) is 129 cm³/mol. The summed E-state index contributed by atoms with van der Waals surface area (Å²) in [5.74, 6) is 0.600. The van der Waals surface area contributed by atoms with Crippen molar-refractivity contribution in [2.75, 3.05) is 0 Å². The fourth-order valence-corrected chi connectivity index (χ4v) is 4.55. The lowest BCUT2D eigenvalue weighted by Gasteiger charge is -2.16. The Morgan fingerprint density at radius 3 is 2.09 bits per heavy atom. The number of para-hydroxylation sites is 1. The molecule has 1 aromatic heterocycles. The number of fused-ring (bicyclic) bond motifs is 6. The number of hydrogen-bond donors (Lipinski definition) is 1. The first-order valence-electron chi connectivity index (χ1n) is 10.4. The largest absolute Gasteiger partial charge is 0.508 e. The molecular formula is C28H16O5. The van der Waals surface area contributed by atoms with Gasteiger partial charge in [-0.15, -0.1) is 0 Å². The summed E-state index contributed by atoms with van der Waals surface area (Å²) in [6.07, 6.45) is 0. The molecule has 0 aliphatic rings. The Labute approximate surface area is 187 Å². The first-order chi connectivity index (χ1) is 16.1. The van der Waals surface area contributed by atoms with E-state index >= 15 is 0 Å². The summed E-state index contributed by atoms with van der Waals surface area (Å²) in [6, 6.07) is 25.0. The molecule has 0 fully saturated rings. The number of carbonyl (C=O) groups is 1. The lowest BCUT2D eigenvalue weighted by atomic mass is 9.93. The predicted octanol–water partition coefficient (Wildman–Crippen LogP) is 6.16. The second-order valence-electron chi connectivity index (χ2n) is 7.86. The number of benzene rings is 5. The van der Waals surface area contributed by atoms with Gasteiger partial charge in [0.1, 0.15) is 22.7 Å². The molecule has 5 heteroatoms. The molecule has 0 saturated heterocycles. The summed E-state index contributed by atoms with van der Waals surface area (Å²) < 4.78 is 11.8. The molecule has 6 aromatic rings. The van der Waals surface area contributed by atoms with Crippen LogP contribution in [0.25, 0.3) is 54.6 Å². The molecule has 0 unspecified atom stereocenters. The van der Waals surface area contributed by atoms with Gasteiger partial charge in [-0.3, -0.25) is 9.59 Å². The summed E-state index contributed by atoms with van der Waals surface area (Å²) >= 11 is 0. The molecule has 6 rings (SSSR count). The third-order valence-corrected chi connectivity index (χ3v) is 5.97. The Morgan fingerprint density at radius 2 is 1.36 bits per heavy atom. The van der Waals surface area contributed by atoms with Crippen LogP contribution in [0.1, 0.15) is 0 Å². The number of hydrogen-bond acceptors (Lipinski definition) is 5. The monoisotopic (exact) mass is 432 g/mol. The summed E-state index contributed by atoms with van der Waals surface area (Å²) in [4.78, 5) is 23.1. The smallest absolute Gasteiger partial charge is 0.298 e. The third-order valence-electron chi connectivity index (χ3n) is 5.97. The van der Waals surface area contributed by atoms with Crippen molar-refractivity contribution in [3.63, 3.8) is 0 Å². The second kappa shape index (κ2) is 7.21. The molecule has 0 saturated carbocycles. The molecule has 0 spiro atoms. The van der Waals surface area contributed by atoms with Crippen LogP contribution in [0.15, 0.2) is 94.1 Å². The van der Waals surface area contributed by atoms with Crippen LogP contribution in [-0.4, -0.2) is 11.6 Å². The highest BCUT2D eigenvalue weighted by atomic mass is 16.5. The molecule has 0 radical (unpaired) electrons. The lowest BCUT2D eigenvalue weighted by Crippen LogP contribution is -1.96. The molecule has 0 amide bonds. The third kappa shape index (κ3) is 2.94. The average Bonchev–Trinajstić information content (AvgIpc) is 2.82. The van der Waals surface area contributed by atoms with Crippen molar-refractivity contribution in [3.8, 4) is 22.6 Å². The topological polar surface area (TPSA) is 76.7 Å². The molecule has 0 aliphatic heterocycles. The summed E-state index contributed by atoms with van der Waals surface area (Å²) in [6.45, 7) is 0.417. The van der Waals surface area contributed by atoms with Crippen LogP contribution in [0.4, 0.5) is 0 Å². The van der Waals surface area contributed by atoms with Crippen molar-refractivity contribution in [1.29, 1.82) is 0 Å². The Bertz CT molecular complexity index is 1800. The van der Waals surface area contributed by atoms with E-state index < -0.39 is 0 Å². The van der Waals surface area contributed by atoms with Gasteiger partial charge in [-0.1, -0.05) is 30.3 Å². The highest BCUT2D eigenvalue weighted by Gasteiger charge is 2.19. The van der Waals surface area contributed by atoms with Gasteiger partial charge in [0.05, 0.1) is 0 Å². The summed E-state index contributed by atoms with van der Waals surface area (Å²) in [7, 11) is 0. The number of phenols is 1. The number of aromatic hydroxyl groups is 1. The Kier molecular flexibility index (Phi) is 4.17. The fourth-order valence-electron chi connectivity index (χ4n) is 4.55. The van der Waals surface area contributed by atoms with Crippen molar-refractivity contribution in [1.82, 2.24) is 0 Å². The van der Waals surface area contributed by atoms with E-state index in [9.17, 15) is 14.7 Å². The minimum Gasteiger partial charge on any atom is -0.508 e. The fraction of sp³-hybridized carbons (Fsp3) is 0. The van der Waals surface area contributed by atoms with Gasteiger partial charge in [0.25, 0.3) is 6.47 Å². The van der Waals surface area contributed by atoms with Gasteiger partial charge in [0.15, 0.2) is 5.43 Å². The first-order valence-corrected chi connectivity index (χ1v) is 10.4. The molecule has 5 aromatic carbocycles. The van der Waals surface area contributed by atoms with Crippen molar-refractivity contribution >= 4 is 50.0 Å². The van der Waals surface area contributed by atoms with Crippen LogP contribution < -0.4 is 10.2 Å². The van der Waals surface area contributed by atoms with Gasteiger partial charge >= 0.3 is 0 Å². The van der Waals surface area contributed by atoms with E-state index in [1.807, 2.05) is 48.5 Å². The highest BCUT2D eigenvalue weighted by Crippen LogP contribution is 2.44. The quantitative estimate of drug-likeness (QED) is 0.206. The SMILES string of the molecule is O=COc1ccccc1-c1c2ccc3cc(O)ccc3c2oc2c1ccc1cc(=O)ccc12. The minimum atomic E-state index is -0.0754. The first kappa shape index (κ1) is 19.1. The molecule has 33 heavy (non-hydrogen) atoms. The van der Waals surface area contributed by atoms with Gasteiger partial charge in [-0.2, -0.15) is 0 Å². The molecule has 0 aliphatic carbocycles. The Hall–Kier alpha value is -4.64. The van der Waals surface area contributed by atoms with Crippen LogP contribution in [-0.2, 0) is 4.79 Å². The van der Waals surface area contributed by atoms with Gasteiger partial charge in [-0.25, -0.2) is 0 Å². The van der Waals surface area contributed by atoms with Crippen LogP contribution in [0.3, 0.4) is 0 Å². The van der Waals surface area contributed by atoms with Gasteiger partial charge in [-0.05, 0) is 65.4 Å². The van der Waals surface area contributed by atoms with E-state index in [2.05, 4.69) is 0 Å². The Morgan fingerprint density at radius 1 is 0.727 bits per heavy atom. The zero-order valence-electron chi connectivity index (χ0n) is 17.2. The van der Waals surface area contributed by atoms with Crippen molar-refractivity contribution in [3.05, 3.63) is 95.2 Å². The maximum absolute atomic E-state index is 11.9. The second-order valence-corrected chi connectivity index (χ2v) is 7.86. The molecule has 0 bridgehead atoms. The van der Waals surface area contributed by atoms with Gasteiger partial charge in [0, 0.05) is 32.7 Å². The number of ether oxygens (including phenoxy) is 1. The molecular weight excluding hydrogens is 416 g/mol. The summed E-state index contributed by atoms with van der Waals surface area (Å²) in [5.41, 5.74) is 2.78. The lowest BCUT2D eigenvalue weighted by molar-refractivity contribution is -0.120. The number of rotatable bonds is 3. The zero-order chi connectivity index (χ0) is 22.5. The van der Waals surface area contributed by atoms with Crippen LogP contribution in [0.2, 0.25) is 0 Å². The van der Waals surface area contributed by atoms with Crippen molar-refractivity contribution in [2.24, 2.45) is 0 Å². The summed E-state index contributed by atoms with van der Waals surface area (Å²) in [5, 5.41) is 14.9. The minimum absolute atomic E-state index is 0.0754. The van der Waals surface area contributed by atoms with E-state index in [0.717, 1.165) is 43.4 Å². The van der Waals surface area contributed by atoms with Crippen LogP contribution >= 0.6 is 0 Å². The van der Waals surface area contributed by atoms with Gasteiger partial charge in [0.2, 0.25) is 0 Å². The number of phenolic OH excluding ortho intramolecular Hbond substituents is 1. The molecule has 1 heterocycles. The van der Waals surface area contributed by atoms with E-state index in [0.29, 0.717) is 23.4 Å². The zero-order valence-corrected chi connectivity index (χ0v) is 17.2. The average molecular weight is 432 g/mol. The normalized spacial score (nSPS) is 11.4. The van der Waals surface area contributed by atoms with Crippen LogP contribution in [0.5, 0.6) is 11.5 Å². The maximum Gasteiger partial charge on any atom is 0.298 e. The molecule has 158 valence electrons. The Balaban J connectivity index is 1.88. The van der Waals surface area contributed by atoms with E-state index in [1.54, 1.807) is 30.3 Å². The number of carbonyl (C=O) groups excluding carboxylic acids is 1. The standard InChI is InChI=1S/C28H16O5/c29-15-32-25-4-2-1-3-22(25)26-23-9-5-16-13-18(30)7-11-20(16)27(23)33-28-21-12-8-19(31)14-17(21)6-10-24(26)28/h1-15,30H. The van der Waals surface area contributed by atoms with Gasteiger partial charge < -0.3 is 14.3 Å². The van der Waals surface area contributed by atoms with E-state index in [-0.39, 0.29) is 11.2 Å². The maximum atomic E-state index is 11.9. The van der Waals surface area contributed by atoms with Crippen molar-refractivity contribution < 1.29 is 19.1 Å². The van der Waals surface area contributed by atoms with Crippen LogP contribution in [0, 0.1) is 0 Å². The van der Waals surface area contributed by atoms with E-state index in [4.69, 9.17) is 9.15 Å². The molecule has 5 nitrogen and oxygen atoms in total. The molecule has 1 N–H and O–H groups in total. The van der Waals surface area contributed by atoms with Crippen molar-refractivity contribution in [2.45, 2.75) is 0 Å².